The Kier molecular flexibility index (Phi) is 5.59. The molecule has 0 fully saturated rings. The summed E-state index contributed by atoms with van der Waals surface area (Å²) in [5, 5.41) is 2.83. The highest BCUT2D eigenvalue weighted by atomic mass is 16.5. The van der Waals surface area contributed by atoms with Crippen molar-refractivity contribution in [3.63, 3.8) is 0 Å². The molecule has 0 aliphatic carbocycles. The molecule has 2 aromatic carbocycles. The molecule has 8 nitrogen and oxygen atoms in total. The maximum absolute atomic E-state index is 12.7. The van der Waals surface area contributed by atoms with Gasteiger partial charge in [-0.3, -0.25) is 9.59 Å². The van der Waals surface area contributed by atoms with E-state index >= 15 is 0 Å². The summed E-state index contributed by atoms with van der Waals surface area (Å²) in [5.74, 6) is -0.310. The first-order valence-electron chi connectivity index (χ1n) is 9.96. The number of amides is 1. The predicted octanol–water partition coefficient (Wildman–Crippen LogP) is 3.82. The van der Waals surface area contributed by atoms with E-state index in [9.17, 15) is 14.4 Å². The van der Waals surface area contributed by atoms with Crippen LogP contribution in [-0.2, 0) is 11.3 Å². The van der Waals surface area contributed by atoms with Crippen LogP contribution in [0, 0.1) is 20.8 Å². The summed E-state index contributed by atoms with van der Waals surface area (Å²) in [6, 6.07) is 15.1. The van der Waals surface area contributed by atoms with Crippen molar-refractivity contribution in [1.82, 2.24) is 9.56 Å². The number of hydrogen-bond donors (Lipinski definition) is 1. The van der Waals surface area contributed by atoms with Crippen molar-refractivity contribution in [1.29, 1.82) is 0 Å². The summed E-state index contributed by atoms with van der Waals surface area (Å²) >= 11 is 0. The molecule has 32 heavy (non-hydrogen) atoms. The minimum Gasteiger partial charge on any atom is -0.456 e. The molecular weight excluding hydrogens is 410 g/mol. The fraction of sp³-hybridized carbons (Fsp3) is 0.167. The van der Waals surface area contributed by atoms with Crippen molar-refractivity contribution in [2.45, 2.75) is 27.4 Å². The van der Waals surface area contributed by atoms with Gasteiger partial charge in [-0.2, -0.15) is 0 Å². The van der Waals surface area contributed by atoms with Crippen LogP contribution in [0.1, 0.15) is 43.3 Å². The first-order chi connectivity index (χ1) is 15.3. The second-order valence-corrected chi connectivity index (χ2v) is 7.46. The topological polar surface area (TPSA) is 103 Å². The van der Waals surface area contributed by atoms with E-state index in [2.05, 4.69) is 10.3 Å². The average molecular weight is 431 g/mol. The highest BCUT2D eigenvalue weighted by Crippen LogP contribution is 2.21. The SMILES string of the molecule is Cc1ccc(C(=O)Nc2cccc(C(=O)OCc3cc(=O)n4oc(C)cc4n3)c2C)cc1. The zero-order valence-corrected chi connectivity index (χ0v) is 17.8. The van der Waals surface area contributed by atoms with Crippen LogP contribution in [0.4, 0.5) is 5.69 Å². The lowest BCUT2D eigenvalue weighted by Crippen LogP contribution is -2.16. The molecule has 1 amide bonds. The fourth-order valence-electron chi connectivity index (χ4n) is 3.26. The molecule has 1 N–H and O–H groups in total. The Hall–Kier alpha value is -4.20. The molecule has 0 aliphatic rings. The largest absolute Gasteiger partial charge is 0.456 e. The van der Waals surface area contributed by atoms with E-state index in [0.717, 1.165) is 10.1 Å². The molecule has 4 rings (SSSR count). The summed E-state index contributed by atoms with van der Waals surface area (Å²) in [4.78, 5) is 41.6. The number of fused-ring (bicyclic) bond motifs is 1. The van der Waals surface area contributed by atoms with Crippen molar-refractivity contribution in [2.75, 3.05) is 5.32 Å². The first kappa shape index (κ1) is 21.0. The van der Waals surface area contributed by atoms with Gasteiger partial charge in [0.25, 0.3) is 11.5 Å². The minimum absolute atomic E-state index is 0.172. The van der Waals surface area contributed by atoms with Crippen LogP contribution >= 0.6 is 0 Å². The number of hydrogen-bond acceptors (Lipinski definition) is 6. The Morgan fingerprint density at radius 3 is 2.56 bits per heavy atom. The number of carbonyl (C=O) groups excluding carboxylic acids is 2. The van der Waals surface area contributed by atoms with Gasteiger partial charge < -0.3 is 14.6 Å². The second kappa shape index (κ2) is 8.50. The molecule has 0 aliphatic heterocycles. The quantitative estimate of drug-likeness (QED) is 0.482. The Morgan fingerprint density at radius 2 is 1.81 bits per heavy atom. The number of anilines is 1. The van der Waals surface area contributed by atoms with Crippen molar-refractivity contribution < 1.29 is 18.8 Å². The van der Waals surface area contributed by atoms with Crippen molar-refractivity contribution >= 4 is 23.2 Å². The molecular formula is C24H21N3O5. The van der Waals surface area contributed by atoms with Gasteiger partial charge in [-0.1, -0.05) is 23.8 Å². The van der Waals surface area contributed by atoms with Crippen LogP contribution in [0.25, 0.3) is 5.65 Å². The maximum Gasteiger partial charge on any atom is 0.338 e. The number of ether oxygens (including phenoxy) is 1. The van der Waals surface area contributed by atoms with Gasteiger partial charge in [0.05, 0.1) is 11.3 Å². The number of aryl methyl sites for hydroxylation is 2. The maximum atomic E-state index is 12.7. The molecule has 0 spiro atoms. The van der Waals surface area contributed by atoms with E-state index in [1.807, 2.05) is 19.1 Å². The summed E-state index contributed by atoms with van der Waals surface area (Å²) in [7, 11) is 0. The number of esters is 1. The molecule has 8 heteroatoms. The molecule has 0 saturated heterocycles. The number of rotatable bonds is 5. The van der Waals surface area contributed by atoms with Crippen LogP contribution < -0.4 is 10.9 Å². The molecule has 0 bridgehead atoms. The van der Waals surface area contributed by atoms with E-state index < -0.39 is 11.5 Å². The zero-order chi connectivity index (χ0) is 22.8. The third-order valence-electron chi connectivity index (χ3n) is 4.99. The summed E-state index contributed by atoms with van der Waals surface area (Å²) < 4.78 is 11.7. The number of nitrogens with one attached hydrogen (secondary N) is 1. The van der Waals surface area contributed by atoms with Crippen molar-refractivity contribution in [3.8, 4) is 0 Å². The van der Waals surface area contributed by atoms with Gasteiger partial charge in [-0.15, -0.1) is 4.57 Å². The van der Waals surface area contributed by atoms with Crippen LogP contribution in [-0.4, -0.2) is 21.4 Å². The van der Waals surface area contributed by atoms with Gasteiger partial charge >= 0.3 is 5.97 Å². The Bertz CT molecular complexity index is 1380. The molecule has 0 saturated carbocycles. The monoisotopic (exact) mass is 431 g/mol. The number of benzene rings is 2. The second-order valence-electron chi connectivity index (χ2n) is 7.46. The van der Waals surface area contributed by atoms with Crippen LogP contribution in [0.2, 0.25) is 0 Å². The van der Waals surface area contributed by atoms with Gasteiger partial charge in [0, 0.05) is 23.4 Å². The standard InChI is InChI=1S/C24H21N3O5/c1-14-7-9-17(10-8-14)23(29)26-20-6-4-5-19(16(20)3)24(30)31-13-18-12-22(28)27-21(25-18)11-15(2)32-27/h4-12H,13H2,1-3H3,(H,26,29). The van der Waals surface area contributed by atoms with Gasteiger partial charge in [-0.25, -0.2) is 9.78 Å². The van der Waals surface area contributed by atoms with Crippen LogP contribution in [0.15, 0.2) is 63.9 Å². The number of nitrogens with zero attached hydrogens (tertiary/aromatic N) is 2. The van der Waals surface area contributed by atoms with E-state index in [0.29, 0.717) is 39.5 Å². The third-order valence-corrected chi connectivity index (χ3v) is 4.99. The summed E-state index contributed by atoms with van der Waals surface area (Å²) in [5.41, 5.74) is 3.23. The molecule has 0 unspecified atom stereocenters. The number of carbonyl (C=O) groups is 2. The summed E-state index contributed by atoms with van der Waals surface area (Å²) in [6.45, 7) is 5.21. The van der Waals surface area contributed by atoms with Crippen LogP contribution in [0.5, 0.6) is 0 Å². The van der Waals surface area contributed by atoms with Gasteiger partial charge in [0.2, 0.25) is 0 Å². The van der Waals surface area contributed by atoms with Crippen LogP contribution in [0.3, 0.4) is 0 Å². The molecule has 0 radical (unpaired) electrons. The van der Waals surface area contributed by atoms with E-state index in [1.165, 1.54) is 6.07 Å². The van der Waals surface area contributed by atoms with Crippen molar-refractivity contribution in [2.24, 2.45) is 0 Å². The minimum atomic E-state index is -0.584. The van der Waals surface area contributed by atoms with E-state index in [4.69, 9.17) is 9.26 Å². The number of aromatic nitrogens is 2. The summed E-state index contributed by atoms with van der Waals surface area (Å²) in [6.07, 6.45) is 0. The lowest BCUT2D eigenvalue weighted by atomic mass is 10.1. The molecule has 0 atom stereocenters. The van der Waals surface area contributed by atoms with Crippen molar-refractivity contribution in [3.05, 3.63) is 98.7 Å². The highest BCUT2D eigenvalue weighted by molar-refractivity contribution is 6.05. The van der Waals surface area contributed by atoms with E-state index in [1.54, 1.807) is 50.2 Å². The predicted molar refractivity (Wildman–Crippen MR) is 118 cm³/mol. The Labute approximate surface area is 183 Å². The van der Waals surface area contributed by atoms with Gasteiger partial charge in [0.15, 0.2) is 5.65 Å². The molecule has 4 aromatic rings. The normalized spacial score (nSPS) is 10.8. The lowest BCUT2D eigenvalue weighted by molar-refractivity contribution is 0.0466. The fourth-order valence-corrected chi connectivity index (χ4v) is 3.26. The van der Waals surface area contributed by atoms with Gasteiger partial charge in [-0.05, 0) is 50.6 Å². The highest BCUT2D eigenvalue weighted by Gasteiger charge is 2.16. The smallest absolute Gasteiger partial charge is 0.338 e. The first-order valence-corrected chi connectivity index (χ1v) is 9.96. The molecule has 162 valence electrons. The van der Waals surface area contributed by atoms with Gasteiger partial charge in [0.1, 0.15) is 12.4 Å². The average Bonchev–Trinajstić information content (AvgIpc) is 3.15. The third kappa shape index (κ3) is 4.29. The van der Waals surface area contributed by atoms with E-state index in [-0.39, 0.29) is 12.5 Å². The molecule has 2 aromatic heterocycles. The Balaban J connectivity index is 1.49. The zero-order valence-electron chi connectivity index (χ0n) is 17.8. The lowest BCUT2D eigenvalue weighted by Gasteiger charge is -2.12. The Morgan fingerprint density at radius 1 is 1.06 bits per heavy atom. The molecule has 2 heterocycles.